The first-order valence-electron chi connectivity index (χ1n) is 5.33. The monoisotopic (exact) mass is 204 g/mol. The number of rotatable bonds is 2. The van der Waals surface area contributed by atoms with E-state index >= 15 is 0 Å². The topological polar surface area (TPSA) is 34.5 Å². The van der Waals surface area contributed by atoms with Crippen molar-refractivity contribution in [3.05, 3.63) is 23.9 Å². The quantitative estimate of drug-likeness (QED) is 0.740. The molecule has 0 radical (unpaired) electrons. The van der Waals surface area contributed by atoms with Crippen molar-refractivity contribution < 1.29 is 4.74 Å². The smallest absolute Gasteiger partial charge is 0.212 e. The highest BCUT2D eigenvalue weighted by molar-refractivity contribution is 6.00. The van der Waals surface area contributed by atoms with E-state index in [9.17, 15) is 0 Å². The summed E-state index contributed by atoms with van der Waals surface area (Å²) >= 11 is 0. The molecule has 0 bridgehead atoms. The number of methoxy groups -OCH3 is 1. The molecule has 15 heavy (non-hydrogen) atoms. The molecular weight excluding hydrogens is 188 g/mol. The van der Waals surface area contributed by atoms with E-state index < -0.39 is 0 Å². The van der Waals surface area contributed by atoms with Gasteiger partial charge in [0.2, 0.25) is 5.88 Å². The highest BCUT2D eigenvalue weighted by atomic mass is 16.5. The van der Waals surface area contributed by atoms with Crippen LogP contribution < -0.4 is 4.74 Å². The summed E-state index contributed by atoms with van der Waals surface area (Å²) in [5.74, 6) is 1.38. The Bertz CT molecular complexity index is 356. The number of hydrogen-bond acceptors (Lipinski definition) is 3. The maximum Gasteiger partial charge on any atom is 0.212 e. The molecule has 2 rings (SSSR count). The lowest BCUT2D eigenvalue weighted by molar-refractivity contribution is 0.398. The van der Waals surface area contributed by atoms with E-state index in [4.69, 9.17) is 4.74 Å². The van der Waals surface area contributed by atoms with Gasteiger partial charge < -0.3 is 4.74 Å². The molecule has 1 aliphatic rings. The second-order valence-corrected chi connectivity index (χ2v) is 4.02. The van der Waals surface area contributed by atoms with Crippen LogP contribution in [0.5, 0.6) is 5.88 Å². The third-order valence-electron chi connectivity index (χ3n) is 2.75. The van der Waals surface area contributed by atoms with Crippen molar-refractivity contribution in [2.75, 3.05) is 13.7 Å². The van der Waals surface area contributed by atoms with E-state index in [0.29, 0.717) is 5.88 Å². The Labute approximate surface area is 90.2 Å². The molecule has 2 heterocycles. The molecule has 1 unspecified atom stereocenters. The Morgan fingerprint density at radius 2 is 2.27 bits per heavy atom. The molecule has 0 N–H and O–H groups in total. The van der Waals surface area contributed by atoms with E-state index in [2.05, 4.69) is 16.9 Å². The molecule has 0 saturated heterocycles. The Morgan fingerprint density at radius 3 is 2.80 bits per heavy atom. The molecule has 3 nitrogen and oxygen atoms in total. The Balaban J connectivity index is 2.16. The second-order valence-electron chi connectivity index (χ2n) is 4.02. The summed E-state index contributed by atoms with van der Waals surface area (Å²) < 4.78 is 5.02. The van der Waals surface area contributed by atoms with Crippen LogP contribution in [0.1, 0.15) is 25.3 Å². The second kappa shape index (κ2) is 4.43. The maximum absolute atomic E-state index is 5.02. The first-order chi connectivity index (χ1) is 7.29. The zero-order valence-electron chi connectivity index (χ0n) is 9.23. The molecule has 0 aliphatic carbocycles. The van der Waals surface area contributed by atoms with E-state index in [1.807, 2.05) is 18.3 Å². The van der Waals surface area contributed by atoms with Crippen molar-refractivity contribution in [3.8, 4) is 5.88 Å². The molecular formula is C12H16N2O. The molecule has 0 spiro atoms. The summed E-state index contributed by atoms with van der Waals surface area (Å²) in [5, 5.41) is 0. The molecule has 1 atom stereocenters. The minimum atomic E-state index is 0.656. The zero-order chi connectivity index (χ0) is 10.7. The van der Waals surface area contributed by atoms with Crippen LogP contribution in [0.4, 0.5) is 0 Å². The number of hydrogen-bond donors (Lipinski definition) is 0. The molecule has 1 aromatic rings. The molecule has 0 saturated carbocycles. The van der Waals surface area contributed by atoms with Gasteiger partial charge in [-0.2, -0.15) is 0 Å². The van der Waals surface area contributed by atoms with Crippen molar-refractivity contribution in [2.24, 2.45) is 10.9 Å². The lowest BCUT2D eigenvalue weighted by Crippen LogP contribution is -2.14. The van der Waals surface area contributed by atoms with Crippen LogP contribution in [-0.2, 0) is 0 Å². The van der Waals surface area contributed by atoms with E-state index in [-0.39, 0.29) is 0 Å². The largest absolute Gasteiger partial charge is 0.481 e. The molecule has 1 aliphatic heterocycles. The summed E-state index contributed by atoms with van der Waals surface area (Å²) in [6, 6.07) is 3.91. The van der Waals surface area contributed by atoms with Crippen LogP contribution >= 0.6 is 0 Å². The molecule has 1 aromatic heterocycles. The van der Waals surface area contributed by atoms with Crippen molar-refractivity contribution in [1.29, 1.82) is 0 Å². The van der Waals surface area contributed by atoms with Gasteiger partial charge in [0.25, 0.3) is 0 Å². The third kappa shape index (κ3) is 2.35. The first kappa shape index (κ1) is 10.1. The Hall–Kier alpha value is -1.38. The van der Waals surface area contributed by atoms with Crippen LogP contribution in [-0.4, -0.2) is 24.4 Å². The maximum atomic E-state index is 5.02. The fourth-order valence-electron chi connectivity index (χ4n) is 1.73. The fourth-order valence-corrected chi connectivity index (χ4v) is 1.73. The Kier molecular flexibility index (Phi) is 2.99. The normalized spacial score (nSPS) is 20.9. The summed E-state index contributed by atoms with van der Waals surface area (Å²) in [7, 11) is 1.63. The summed E-state index contributed by atoms with van der Waals surface area (Å²) in [5.41, 5.74) is 2.31. The molecule has 0 aromatic carbocycles. The minimum absolute atomic E-state index is 0.656. The van der Waals surface area contributed by atoms with E-state index in [1.54, 1.807) is 7.11 Å². The molecule has 3 heteroatoms. The predicted octanol–water partition coefficient (Wildman–Crippen LogP) is 2.31. The van der Waals surface area contributed by atoms with Gasteiger partial charge in [-0.25, -0.2) is 4.98 Å². The van der Waals surface area contributed by atoms with Crippen LogP contribution in [0.25, 0.3) is 0 Å². The van der Waals surface area contributed by atoms with Crippen molar-refractivity contribution >= 4 is 5.71 Å². The highest BCUT2D eigenvalue weighted by Gasteiger charge is 2.13. The van der Waals surface area contributed by atoms with Crippen LogP contribution in [0.3, 0.4) is 0 Å². The standard InChI is InChI=1S/C12H16N2O/c1-9-3-5-11(13-7-9)10-4-6-12(15-2)14-8-10/h4,6,8-9H,3,5,7H2,1-2H3. The van der Waals surface area contributed by atoms with E-state index in [0.717, 1.165) is 24.4 Å². The van der Waals surface area contributed by atoms with E-state index in [1.165, 1.54) is 12.1 Å². The SMILES string of the molecule is COc1ccc(C2=NCC(C)CC2)cn1. The van der Waals surface area contributed by atoms with Gasteiger partial charge in [0.1, 0.15) is 0 Å². The predicted molar refractivity (Wildman–Crippen MR) is 60.6 cm³/mol. The van der Waals surface area contributed by atoms with Gasteiger partial charge in [-0.15, -0.1) is 0 Å². The zero-order valence-corrected chi connectivity index (χ0v) is 9.23. The number of pyridine rings is 1. The minimum Gasteiger partial charge on any atom is -0.481 e. The molecule has 80 valence electrons. The lowest BCUT2D eigenvalue weighted by atomic mass is 9.97. The average Bonchev–Trinajstić information content (AvgIpc) is 2.30. The molecule has 0 amide bonds. The number of nitrogens with zero attached hydrogens (tertiary/aromatic N) is 2. The summed E-state index contributed by atoms with van der Waals surface area (Å²) in [6.07, 6.45) is 4.13. The first-order valence-corrected chi connectivity index (χ1v) is 5.33. The van der Waals surface area contributed by atoms with Gasteiger partial charge in [0, 0.05) is 30.1 Å². The highest BCUT2D eigenvalue weighted by Crippen LogP contribution is 2.18. The van der Waals surface area contributed by atoms with Gasteiger partial charge in [-0.05, 0) is 24.8 Å². The number of ether oxygens (including phenoxy) is 1. The van der Waals surface area contributed by atoms with Gasteiger partial charge in [0.05, 0.1) is 7.11 Å². The Morgan fingerprint density at radius 1 is 1.40 bits per heavy atom. The van der Waals surface area contributed by atoms with Gasteiger partial charge in [-0.3, -0.25) is 4.99 Å². The van der Waals surface area contributed by atoms with Gasteiger partial charge in [-0.1, -0.05) is 6.92 Å². The summed E-state index contributed by atoms with van der Waals surface area (Å²) in [6.45, 7) is 3.19. The van der Waals surface area contributed by atoms with Crippen LogP contribution in [0.15, 0.2) is 23.3 Å². The third-order valence-corrected chi connectivity index (χ3v) is 2.75. The van der Waals surface area contributed by atoms with Crippen molar-refractivity contribution in [3.63, 3.8) is 0 Å². The van der Waals surface area contributed by atoms with Crippen molar-refractivity contribution in [2.45, 2.75) is 19.8 Å². The van der Waals surface area contributed by atoms with Gasteiger partial charge >= 0.3 is 0 Å². The average molecular weight is 204 g/mol. The van der Waals surface area contributed by atoms with Crippen LogP contribution in [0.2, 0.25) is 0 Å². The van der Waals surface area contributed by atoms with Gasteiger partial charge in [0.15, 0.2) is 0 Å². The van der Waals surface area contributed by atoms with Crippen molar-refractivity contribution in [1.82, 2.24) is 4.98 Å². The fraction of sp³-hybridized carbons (Fsp3) is 0.500. The molecule has 0 fully saturated rings. The van der Waals surface area contributed by atoms with Crippen LogP contribution in [0, 0.1) is 5.92 Å². The number of aliphatic imine (C=N–C) groups is 1. The summed E-state index contributed by atoms with van der Waals surface area (Å²) in [4.78, 5) is 8.76. The number of aromatic nitrogens is 1. The lowest BCUT2D eigenvalue weighted by Gasteiger charge is -2.17.